The van der Waals surface area contributed by atoms with Gasteiger partial charge in [-0.1, -0.05) is 77.6 Å². The van der Waals surface area contributed by atoms with Gasteiger partial charge in [0.2, 0.25) is 0 Å². The minimum atomic E-state index is 0.828. The molecule has 1 rings (SSSR count). The van der Waals surface area contributed by atoms with E-state index in [1.54, 1.807) is 0 Å². The first kappa shape index (κ1) is 19.0. The summed E-state index contributed by atoms with van der Waals surface area (Å²) in [6.07, 6.45) is 20.0. The van der Waals surface area contributed by atoms with Gasteiger partial charge >= 0.3 is 0 Å². The Labute approximate surface area is 133 Å². The Kier molecular flexibility index (Phi) is 12.3. The van der Waals surface area contributed by atoms with Gasteiger partial charge in [0.05, 0.1) is 0 Å². The van der Waals surface area contributed by atoms with E-state index in [0.717, 1.165) is 19.1 Å². The highest BCUT2D eigenvalue weighted by Crippen LogP contribution is 2.23. The van der Waals surface area contributed by atoms with E-state index in [-0.39, 0.29) is 0 Å². The zero-order valence-electron chi connectivity index (χ0n) is 14.6. The molecular formula is C19H40N2. The molecule has 0 aromatic rings. The van der Waals surface area contributed by atoms with Gasteiger partial charge in [0.25, 0.3) is 0 Å². The van der Waals surface area contributed by atoms with Gasteiger partial charge in [0, 0.05) is 19.1 Å². The van der Waals surface area contributed by atoms with Crippen LogP contribution in [0.5, 0.6) is 0 Å². The van der Waals surface area contributed by atoms with Crippen molar-refractivity contribution in [1.82, 2.24) is 4.90 Å². The summed E-state index contributed by atoms with van der Waals surface area (Å²) in [5.74, 6) is 0. The molecule has 0 aliphatic heterocycles. The predicted octanol–water partition coefficient (Wildman–Crippen LogP) is 5.11. The molecule has 0 aromatic carbocycles. The van der Waals surface area contributed by atoms with Crippen molar-refractivity contribution in [2.45, 2.75) is 103 Å². The van der Waals surface area contributed by atoms with E-state index < -0.39 is 0 Å². The van der Waals surface area contributed by atoms with E-state index in [4.69, 9.17) is 5.73 Å². The van der Waals surface area contributed by atoms with Crippen molar-refractivity contribution in [3.8, 4) is 0 Å². The van der Waals surface area contributed by atoms with E-state index >= 15 is 0 Å². The topological polar surface area (TPSA) is 29.3 Å². The summed E-state index contributed by atoms with van der Waals surface area (Å²) in [6, 6.07) is 0.854. The summed E-state index contributed by atoms with van der Waals surface area (Å²) >= 11 is 0. The van der Waals surface area contributed by atoms with Crippen LogP contribution in [0.25, 0.3) is 0 Å². The van der Waals surface area contributed by atoms with Crippen LogP contribution in [0.15, 0.2) is 0 Å². The highest BCUT2D eigenvalue weighted by atomic mass is 15.2. The zero-order valence-corrected chi connectivity index (χ0v) is 14.6. The molecule has 0 radical (unpaired) electrons. The zero-order chi connectivity index (χ0) is 15.2. The Morgan fingerprint density at radius 1 is 0.762 bits per heavy atom. The van der Waals surface area contributed by atoms with Gasteiger partial charge in [-0.2, -0.15) is 0 Å². The van der Waals surface area contributed by atoms with E-state index in [9.17, 15) is 0 Å². The van der Waals surface area contributed by atoms with Crippen LogP contribution in [0, 0.1) is 0 Å². The smallest absolute Gasteiger partial charge is 0.0108 e. The SMILES string of the molecule is CCCCCCCCCCCCN(CCN)C1CCCC1. The monoisotopic (exact) mass is 296 g/mol. The summed E-state index contributed by atoms with van der Waals surface area (Å²) in [4.78, 5) is 2.68. The van der Waals surface area contributed by atoms with Crippen molar-refractivity contribution >= 4 is 0 Å². The molecule has 1 fully saturated rings. The molecule has 2 nitrogen and oxygen atoms in total. The van der Waals surface area contributed by atoms with E-state index in [2.05, 4.69) is 11.8 Å². The second-order valence-corrected chi connectivity index (χ2v) is 6.94. The molecule has 0 heterocycles. The van der Waals surface area contributed by atoms with Gasteiger partial charge in [-0.3, -0.25) is 4.90 Å². The van der Waals surface area contributed by atoms with Crippen molar-refractivity contribution < 1.29 is 0 Å². The lowest BCUT2D eigenvalue weighted by atomic mass is 10.1. The standard InChI is InChI=1S/C19H40N2/c1-2-3-4-5-6-7-8-9-10-13-17-21(18-16-20)19-14-11-12-15-19/h19H,2-18,20H2,1H3. The van der Waals surface area contributed by atoms with Crippen molar-refractivity contribution in [3.63, 3.8) is 0 Å². The molecule has 0 spiro atoms. The van der Waals surface area contributed by atoms with Gasteiger partial charge in [-0.25, -0.2) is 0 Å². The molecule has 126 valence electrons. The number of hydrogen-bond donors (Lipinski definition) is 1. The summed E-state index contributed by atoms with van der Waals surface area (Å²) in [6.45, 7) is 5.52. The average Bonchev–Trinajstić information content (AvgIpc) is 3.02. The van der Waals surface area contributed by atoms with Crippen LogP contribution in [-0.2, 0) is 0 Å². The minimum Gasteiger partial charge on any atom is -0.329 e. The second kappa shape index (κ2) is 13.6. The molecular weight excluding hydrogens is 256 g/mol. The number of nitrogens with two attached hydrogens (primary N) is 1. The fourth-order valence-corrected chi connectivity index (χ4v) is 3.71. The molecule has 0 bridgehead atoms. The molecule has 2 N–H and O–H groups in total. The fraction of sp³-hybridized carbons (Fsp3) is 1.00. The average molecular weight is 297 g/mol. The summed E-state index contributed by atoms with van der Waals surface area (Å²) in [5, 5.41) is 0. The first-order chi connectivity index (χ1) is 10.4. The Hall–Kier alpha value is -0.0800. The quantitative estimate of drug-likeness (QED) is 0.451. The third-order valence-corrected chi connectivity index (χ3v) is 5.06. The lowest BCUT2D eigenvalue weighted by Crippen LogP contribution is -2.37. The molecule has 0 unspecified atom stereocenters. The van der Waals surface area contributed by atoms with Crippen molar-refractivity contribution in [1.29, 1.82) is 0 Å². The highest BCUT2D eigenvalue weighted by Gasteiger charge is 2.21. The molecule has 2 heteroatoms. The summed E-state index contributed by atoms with van der Waals surface area (Å²) in [7, 11) is 0. The molecule has 21 heavy (non-hydrogen) atoms. The van der Waals surface area contributed by atoms with Crippen molar-refractivity contribution in [2.75, 3.05) is 19.6 Å². The molecule has 0 amide bonds. The number of nitrogens with zero attached hydrogens (tertiary/aromatic N) is 1. The molecule has 0 atom stereocenters. The first-order valence-corrected chi connectivity index (χ1v) is 9.82. The Bertz CT molecular complexity index is 212. The predicted molar refractivity (Wildman–Crippen MR) is 94.7 cm³/mol. The maximum absolute atomic E-state index is 5.78. The van der Waals surface area contributed by atoms with Gasteiger partial charge in [-0.05, 0) is 25.8 Å². The Balaban J connectivity index is 1.91. The van der Waals surface area contributed by atoms with E-state index in [1.807, 2.05) is 0 Å². The number of hydrogen-bond acceptors (Lipinski definition) is 2. The molecule has 0 aromatic heterocycles. The Morgan fingerprint density at radius 3 is 1.81 bits per heavy atom. The molecule has 1 aliphatic carbocycles. The van der Waals surface area contributed by atoms with Gasteiger partial charge in [-0.15, -0.1) is 0 Å². The lowest BCUT2D eigenvalue weighted by molar-refractivity contribution is 0.199. The van der Waals surface area contributed by atoms with Crippen LogP contribution in [0.1, 0.15) is 96.8 Å². The van der Waals surface area contributed by atoms with Crippen LogP contribution in [0.4, 0.5) is 0 Å². The Morgan fingerprint density at radius 2 is 1.29 bits per heavy atom. The van der Waals surface area contributed by atoms with E-state index in [0.29, 0.717) is 0 Å². The van der Waals surface area contributed by atoms with E-state index in [1.165, 1.54) is 96.4 Å². The van der Waals surface area contributed by atoms with Crippen LogP contribution < -0.4 is 5.73 Å². The van der Waals surface area contributed by atoms with Gasteiger partial charge in [0.15, 0.2) is 0 Å². The first-order valence-electron chi connectivity index (χ1n) is 9.82. The number of unbranched alkanes of at least 4 members (excludes halogenated alkanes) is 9. The van der Waals surface area contributed by atoms with Crippen molar-refractivity contribution in [3.05, 3.63) is 0 Å². The maximum Gasteiger partial charge on any atom is 0.0108 e. The number of rotatable bonds is 14. The van der Waals surface area contributed by atoms with Crippen LogP contribution in [0.2, 0.25) is 0 Å². The normalized spacial score (nSPS) is 16.1. The third kappa shape index (κ3) is 9.52. The van der Waals surface area contributed by atoms with Gasteiger partial charge in [0.1, 0.15) is 0 Å². The van der Waals surface area contributed by atoms with Crippen LogP contribution >= 0.6 is 0 Å². The van der Waals surface area contributed by atoms with Crippen LogP contribution in [-0.4, -0.2) is 30.6 Å². The largest absolute Gasteiger partial charge is 0.329 e. The third-order valence-electron chi connectivity index (χ3n) is 5.06. The second-order valence-electron chi connectivity index (χ2n) is 6.94. The highest BCUT2D eigenvalue weighted by molar-refractivity contribution is 4.77. The van der Waals surface area contributed by atoms with Crippen molar-refractivity contribution in [2.24, 2.45) is 5.73 Å². The fourth-order valence-electron chi connectivity index (χ4n) is 3.71. The maximum atomic E-state index is 5.78. The summed E-state index contributed by atoms with van der Waals surface area (Å²) in [5.41, 5.74) is 5.78. The minimum absolute atomic E-state index is 0.828. The lowest BCUT2D eigenvalue weighted by Gasteiger charge is -2.28. The van der Waals surface area contributed by atoms with Gasteiger partial charge < -0.3 is 5.73 Å². The summed E-state index contributed by atoms with van der Waals surface area (Å²) < 4.78 is 0. The molecule has 0 saturated heterocycles. The van der Waals surface area contributed by atoms with Crippen LogP contribution in [0.3, 0.4) is 0 Å². The molecule has 1 saturated carbocycles. The molecule has 1 aliphatic rings.